The van der Waals surface area contributed by atoms with Gasteiger partial charge in [-0.1, -0.05) is 32.1 Å². The van der Waals surface area contributed by atoms with Crippen LogP contribution in [0.2, 0.25) is 0 Å². The van der Waals surface area contributed by atoms with E-state index in [0.29, 0.717) is 5.92 Å². The van der Waals surface area contributed by atoms with Crippen LogP contribution in [0.15, 0.2) is 34.8 Å². The molecule has 1 unspecified atom stereocenters. The SMILES string of the molecule is C\C=C/C=C(C)\C(=C\S)C(C)CC. The van der Waals surface area contributed by atoms with E-state index in [4.69, 9.17) is 0 Å². The highest BCUT2D eigenvalue weighted by Crippen LogP contribution is 2.22. The highest BCUT2D eigenvalue weighted by molar-refractivity contribution is 7.83. The molecule has 0 saturated heterocycles. The molecule has 0 fully saturated rings. The molecule has 0 aromatic rings. The van der Waals surface area contributed by atoms with E-state index < -0.39 is 0 Å². The normalized spacial score (nSPS) is 16.7. The van der Waals surface area contributed by atoms with E-state index in [2.05, 4.69) is 45.6 Å². The zero-order chi connectivity index (χ0) is 10.3. The first kappa shape index (κ1) is 12.6. The molecular formula is C12H20S. The minimum Gasteiger partial charge on any atom is -0.151 e. The predicted octanol–water partition coefficient (Wildman–Crippen LogP) is 4.37. The van der Waals surface area contributed by atoms with Crippen LogP contribution >= 0.6 is 12.6 Å². The van der Waals surface area contributed by atoms with Crippen LogP contribution in [0.1, 0.15) is 34.1 Å². The van der Waals surface area contributed by atoms with Crippen molar-refractivity contribution in [1.29, 1.82) is 0 Å². The third-order valence-corrected chi connectivity index (χ3v) is 2.55. The molecule has 13 heavy (non-hydrogen) atoms. The maximum atomic E-state index is 4.24. The van der Waals surface area contributed by atoms with E-state index >= 15 is 0 Å². The lowest BCUT2D eigenvalue weighted by molar-refractivity contribution is 0.663. The maximum absolute atomic E-state index is 4.24. The third-order valence-electron chi connectivity index (χ3n) is 2.28. The van der Waals surface area contributed by atoms with Crippen molar-refractivity contribution in [3.8, 4) is 0 Å². The summed E-state index contributed by atoms with van der Waals surface area (Å²) in [5.74, 6) is 0.596. The lowest BCUT2D eigenvalue weighted by Gasteiger charge is -2.13. The molecule has 0 aromatic heterocycles. The smallest absolute Gasteiger partial charge is 0.0185 e. The van der Waals surface area contributed by atoms with E-state index in [0.717, 1.165) is 6.42 Å². The Morgan fingerprint density at radius 3 is 2.46 bits per heavy atom. The summed E-state index contributed by atoms with van der Waals surface area (Å²) in [6.45, 7) is 8.59. The van der Waals surface area contributed by atoms with Crippen LogP contribution in [0.25, 0.3) is 0 Å². The second-order valence-corrected chi connectivity index (χ2v) is 3.53. The first-order valence-corrected chi connectivity index (χ1v) is 5.33. The van der Waals surface area contributed by atoms with Gasteiger partial charge in [-0.25, -0.2) is 0 Å². The van der Waals surface area contributed by atoms with E-state index in [1.807, 2.05) is 18.4 Å². The Labute approximate surface area is 87.8 Å². The number of allylic oxidation sites excluding steroid dienone is 5. The number of thiol groups is 1. The number of rotatable bonds is 4. The van der Waals surface area contributed by atoms with Crippen molar-refractivity contribution in [1.82, 2.24) is 0 Å². The zero-order valence-electron chi connectivity index (χ0n) is 9.04. The fourth-order valence-corrected chi connectivity index (χ4v) is 1.63. The lowest BCUT2D eigenvalue weighted by atomic mass is 9.94. The molecule has 1 atom stereocenters. The first-order chi connectivity index (χ1) is 6.17. The predicted molar refractivity (Wildman–Crippen MR) is 65.1 cm³/mol. The van der Waals surface area contributed by atoms with Crippen molar-refractivity contribution in [2.45, 2.75) is 34.1 Å². The number of hydrogen-bond acceptors (Lipinski definition) is 1. The van der Waals surface area contributed by atoms with Gasteiger partial charge in [0.15, 0.2) is 0 Å². The maximum Gasteiger partial charge on any atom is -0.0185 e. The fraction of sp³-hybridized carbons (Fsp3) is 0.500. The molecule has 0 rings (SSSR count). The molecule has 74 valence electrons. The molecule has 0 radical (unpaired) electrons. The molecule has 0 spiro atoms. The Kier molecular flexibility index (Phi) is 6.79. The van der Waals surface area contributed by atoms with Crippen molar-refractivity contribution in [2.75, 3.05) is 0 Å². The van der Waals surface area contributed by atoms with Crippen LogP contribution in [-0.4, -0.2) is 0 Å². The number of hydrogen-bond donors (Lipinski definition) is 1. The Bertz CT molecular complexity index is 221. The van der Waals surface area contributed by atoms with Crippen LogP contribution in [0.4, 0.5) is 0 Å². The summed E-state index contributed by atoms with van der Waals surface area (Å²) in [4.78, 5) is 0. The molecule has 0 aromatic carbocycles. The van der Waals surface area contributed by atoms with Crippen LogP contribution in [-0.2, 0) is 0 Å². The summed E-state index contributed by atoms with van der Waals surface area (Å²) >= 11 is 4.24. The average Bonchev–Trinajstić information content (AvgIpc) is 2.15. The van der Waals surface area contributed by atoms with Gasteiger partial charge in [-0.2, -0.15) is 12.6 Å². The molecule has 0 aliphatic heterocycles. The summed E-state index contributed by atoms with van der Waals surface area (Å²) in [5.41, 5.74) is 2.64. The van der Waals surface area contributed by atoms with Gasteiger partial charge in [0.2, 0.25) is 0 Å². The van der Waals surface area contributed by atoms with Crippen molar-refractivity contribution in [3.63, 3.8) is 0 Å². The molecule has 1 heteroatoms. The third kappa shape index (κ3) is 4.37. The zero-order valence-corrected chi connectivity index (χ0v) is 9.94. The summed E-state index contributed by atoms with van der Waals surface area (Å²) in [5, 5.41) is 1.92. The molecule has 0 N–H and O–H groups in total. The molecule has 0 aliphatic rings. The Morgan fingerprint density at radius 2 is 2.08 bits per heavy atom. The Hall–Kier alpha value is -0.430. The standard InChI is InChI=1S/C12H20S/c1-5-7-8-11(4)12(9-13)10(3)6-2/h5,7-10,13H,6H2,1-4H3/b7-5-,11-8-,12-9+. The Morgan fingerprint density at radius 1 is 1.46 bits per heavy atom. The van der Waals surface area contributed by atoms with Gasteiger partial charge in [0.25, 0.3) is 0 Å². The molecule has 0 bridgehead atoms. The highest BCUT2D eigenvalue weighted by atomic mass is 32.1. The highest BCUT2D eigenvalue weighted by Gasteiger charge is 2.06. The second-order valence-electron chi connectivity index (χ2n) is 3.27. The van der Waals surface area contributed by atoms with Gasteiger partial charge in [-0.3, -0.25) is 0 Å². The minimum atomic E-state index is 0.596. The molecule has 0 nitrogen and oxygen atoms in total. The van der Waals surface area contributed by atoms with Gasteiger partial charge in [0.05, 0.1) is 0 Å². The summed E-state index contributed by atoms with van der Waals surface area (Å²) in [6, 6.07) is 0. The van der Waals surface area contributed by atoms with Crippen molar-refractivity contribution in [3.05, 3.63) is 34.8 Å². The molecule has 0 amide bonds. The van der Waals surface area contributed by atoms with Crippen molar-refractivity contribution in [2.24, 2.45) is 5.92 Å². The van der Waals surface area contributed by atoms with Crippen molar-refractivity contribution < 1.29 is 0 Å². The topological polar surface area (TPSA) is 0 Å². The van der Waals surface area contributed by atoms with Gasteiger partial charge >= 0.3 is 0 Å². The summed E-state index contributed by atoms with van der Waals surface area (Å²) in [7, 11) is 0. The molecule has 0 aliphatic carbocycles. The largest absolute Gasteiger partial charge is 0.151 e. The minimum absolute atomic E-state index is 0.596. The van der Waals surface area contributed by atoms with Gasteiger partial charge in [0, 0.05) is 0 Å². The van der Waals surface area contributed by atoms with E-state index in [1.54, 1.807) is 0 Å². The van der Waals surface area contributed by atoms with E-state index in [-0.39, 0.29) is 0 Å². The Balaban J connectivity index is 4.60. The summed E-state index contributed by atoms with van der Waals surface area (Å²) in [6.07, 6.45) is 7.40. The van der Waals surface area contributed by atoms with Crippen LogP contribution in [0, 0.1) is 5.92 Å². The van der Waals surface area contributed by atoms with Crippen molar-refractivity contribution >= 4 is 12.6 Å². The quantitative estimate of drug-likeness (QED) is 0.501. The second kappa shape index (κ2) is 7.02. The average molecular weight is 196 g/mol. The van der Waals surface area contributed by atoms with E-state index in [9.17, 15) is 0 Å². The molecular weight excluding hydrogens is 176 g/mol. The fourth-order valence-electron chi connectivity index (χ4n) is 1.17. The van der Waals surface area contributed by atoms with E-state index in [1.165, 1.54) is 11.1 Å². The van der Waals surface area contributed by atoms with Gasteiger partial charge in [-0.05, 0) is 42.7 Å². The van der Waals surface area contributed by atoms with Crippen LogP contribution < -0.4 is 0 Å². The lowest BCUT2D eigenvalue weighted by Crippen LogP contribution is -1.98. The van der Waals surface area contributed by atoms with Gasteiger partial charge < -0.3 is 0 Å². The van der Waals surface area contributed by atoms with Crippen LogP contribution in [0.3, 0.4) is 0 Å². The molecule has 0 saturated carbocycles. The van der Waals surface area contributed by atoms with Gasteiger partial charge in [-0.15, -0.1) is 0 Å². The first-order valence-electron chi connectivity index (χ1n) is 4.81. The van der Waals surface area contributed by atoms with Crippen LogP contribution in [0.5, 0.6) is 0 Å². The van der Waals surface area contributed by atoms with Gasteiger partial charge in [0.1, 0.15) is 0 Å². The molecule has 0 heterocycles. The summed E-state index contributed by atoms with van der Waals surface area (Å²) < 4.78 is 0. The monoisotopic (exact) mass is 196 g/mol.